The second-order valence-corrected chi connectivity index (χ2v) is 7.32. The standard InChI is InChI=1S/C18H25F2N3O2/c1-10-6-5-7-21-12(10)8-13(24)22-9-11(2)23-17(25)15-14(16(19)20)18(15,3)4/h5-7,11,14-16H,8-9H2,1-4H3,(H,22,24)(H,23,25)/t11-,14-,15+/m1/s1. The molecule has 0 saturated heterocycles. The van der Waals surface area contributed by atoms with Crippen LogP contribution in [0.2, 0.25) is 0 Å². The van der Waals surface area contributed by atoms with Crippen molar-refractivity contribution in [3.05, 3.63) is 29.6 Å². The second kappa shape index (κ2) is 7.45. The molecule has 0 bridgehead atoms. The Morgan fingerprint density at radius 3 is 2.60 bits per heavy atom. The minimum Gasteiger partial charge on any atom is -0.354 e. The first-order valence-electron chi connectivity index (χ1n) is 8.40. The summed E-state index contributed by atoms with van der Waals surface area (Å²) in [7, 11) is 0. The van der Waals surface area contributed by atoms with E-state index >= 15 is 0 Å². The summed E-state index contributed by atoms with van der Waals surface area (Å²) in [6.07, 6.45) is -0.700. The number of hydrogen-bond acceptors (Lipinski definition) is 3. The van der Waals surface area contributed by atoms with Gasteiger partial charge in [-0.2, -0.15) is 0 Å². The van der Waals surface area contributed by atoms with Gasteiger partial charge in [0.15, 0.2) is 0 Å². The minimum absolute atomic E-state index is 0.163. The molecule has 0 aliphatic heterocycles. The maximum atomic E-state index is 12.9. The molecule has 2 amide bonds. The van der Waals surface area contributed by atoms with Crippen molar-refractivity contribution in [2.24, 2.45) is 17.3 Å². The van der Waals surface area contributed by atoms with Crippen LogP contribution in [-0.4, -0.2) is 35.8 Å². The molecule has 0 aromatic carbocycles. The molecule has 5 nitrogen and oxygen atoms in total. The number of carbonyl (C=O) groups excluding carboxylic acids is 2. The van der Waals surface area contributed by atoms with Gasteiger partial charge >= 0.3 is 0 Å². The van der Waals surface area contributed by atoms with Gasteiger partial charge in [0.1, 0.15) is 0 Å². The van der Waals surface area contributed by atoms with E-state index in [2.05, 4.69) is 15.6 Å². The molecule has 0 unspecified atom stereocenters. The number of alkyl halides is 2. The van der Waals surface area contributed by atoms with Gasteiger partial charge in [-0.3, -0.25) is 14.6 Å². The molecule has 1 fully saturated rings. The summed E-state index contributed by atoms with van der Waals surface area (Å²) in [5, 5.41) is 5.45. The number of nitrogens with zero attached hydrogens (tertiary/aromatic N) is 1. The van der Waals surface area contributed by atoms with Crippen molar-refractivity contribution in [1.29, 1.82) is 0 Å². The zero-order valence-electron chi connectivity index (χ0n) is 15.0. The van der Waals surface area contributed by atoms with Crippen LogP contribution in [-0.2, 0) is 16.0 Å². The van der Waals surface area contributed by atoms with Crippen LogP contribution in [0, 0.1) is 24.2 Å². The zero-order valence-corrected chi connectivity index (χ0v) is 15.0. The van der Waals surface area contributed by atoms with Crippen molar-refractivity contribution in [2.75, 3.05) is 6.54 Å². The average Bonchev–Trinajstić information content (AvgIpc) is 3.10. The zero-order chi connectivity index (χ0) is 18.8. The van der Waals surface area contributed by atoms with Gasteiger partial charge in [0.2, 0.25) is 18.2 Å². The van der Waals surface area contributed by atoms with E-state index in [1.807, 2.05) is 13.0 Å². The van der Waals surface area contributed by atoms with Crippen LogP contribution in [0.15, 0.2) is 18.3 Å². The maximum absolute atomic E-state index is 12.9. The molecule has 2 rings (SSSR count). The Morgan fingerprint density at radius 2 is 2.04 bits per heavy atom. The number of hydrogen-bond donors (Lipinski definition) is 2. The number of nitrogens with one attached hydrogen (secondary N) is 2. The van der Waals surface area contributed by atoms with E-state index in [1.54, 1.807) is 33.0 Å². The predicted molar refractivity (Wildman–Crippen MR) is 90.1 cm³/mol. The summed E-state index contributed by atoms with van der Waals surface area (Å²) in [5.74, 6) is -2.15. The molecule has 7 heteroatoms. The average molecular weight is 353 g/mol. The Hall–Kier alpha value is -2.05. The summed E-state index contributed by atoms with van der Waals surface area (Å²) in [6, 6.07) is 3.35. The highest BCUT2D eigenvalue weighted by Gasteiger charge is 2.65. The highest BCUT2D eigenvalue weighted by Crippen LogP contribution is 2.60. The molecule has 2 N–H and O–H groups in total. The largest absolute Gasteiger partial charge is 0.354 e. The van der Waals surface area contributed by atoms with Crippen molar-refractivity contribution in [3.63, 3.8) is 0 Å². The van der Waals surface area contributed by atoms with Crippen molar-refractivity contribution in [3.8, 4) is 0 Å². The molecule has 1 aliphatic rings. The molecule has 25 heavy (non-hydrogen) atoms. The smallest absolute Gasteiger partial charge is 0.242 e. The number of rotatable bonds is 7. The maximum Gasteiger partial charge on any atom is 0.242 e. The third kappa shape index (κ3) is 4.52. The van der Waals surface area contributed by atoms with E-state index in [1.165, 1.54) is 0 Å². The Bertz CT molecular complexity index is 649. The Morgan fingerprint density at radius 1 is 1.36 bits per heavy atom. The van der Waals surface area contributed by atoms with Gasteiger partial charge in [-0.1, -0.05) is 19.9 Å². The van der Waals surface area contributed by atoms with Gasteiger partial charge in [-0.05, 0) is 30.9 Å². The third-order valence-corrected chi connectivity index (χ3v) is 4.90. The molecule has 0 radical (unpaired) electrons. The Balaban J connectivity index is 1.77. The number of aryl methyl sites for hydroxylation is 1. The quantitative estimate of drug-likeness (QED) is 0.788. The minimum atomic E-state index is -2.50. The van der Waals surface area contributed by atoms with E-state index < -0.39 is 23.7 Å². The van der Waals surface area contributed by atoms with Crippen LogP contribution in [0.5, 0.6) is 0 Å². The van der Waals surface area contributed by atoms with Gasteiger partial charge in [-0.15, -0.1) is 0 Å². The summed E-state index contributed by atoms with van der Waals surface area (Å²) in [5.41, 5.74) is 0.960. The first kappa shape index (κ1) is 19.3. The molecule has 1 heterocycles. The molecule has 1 aliphatic carbocycles. The van der Waals surface area contributed by atoms with E-state index in [4.69, 9.17) is 0 Å². The summed E-state index contributed by atoms with van der Waals surface area (Å²) >= 11 is 0. The lowest BCUT2D eigenvalue weighted by molar-refractivity contribution is -0.125. The normalized spacial score (nSPS) is 22.4. The summed E-state index contributed by atoms with van der Waals surface area (Å²) < 4.78 is 25.8. The van der Waals surface area contributed by atoms with E-state index in [9.17, 15) is 18.4 Å². The van der Waals surface area contributed by atoms with Gasteiger partial charge in [0.05, 0.1) is 18.0 Å². The molecule has 0 spiro atoms. The van der Waals surface area contributed by atoms with Crippen LogP contribution in [0.4, 0.5) is 8.78 Å². The fraction of sp³-hybridized carbons (Fsp3) is 0.611. The van der Waals surface area contributed by atoms with Crippen LogP contribution in [0.3, 0.4) is 0 Å². The molecular weight excluding hydrogens is 328 g/mol. The van der Waals surface area contributed by atoms with Crippen molar-refractivity contribution in [2.45, 2.75) is 46.6 Å². The van der Waals surface area contributed by atoms with E-state index in [0.717, 1.165) is 5.56 Å². The molecule has 1 aromatic rings. The fourth-order valence-electron chi connectivity index (χ4n) is 3.22. The molecule has 1 aromatic heterocycles. The van der Waals surface area contributed by atoms with Crippen LogP contribution in [0.1, 0.15) is 32.0 Å². The number of aromatic nitrogens is 1. The van der Waals surface area contributed by atoms with Gasteiger partial charge in [0.25, 0.3) is 0 Å². The number of pyridine rings is 1. The van der Waals surface area contributed by atoms with E-state index in [-0.39, 0.29) is 30.8 Å². The van der Waals surface area contributed by atoms with Gasteiger partial charge in [0, 0.05) is 24.7 Å². The number of carbonyl (C=O) groups is 2. The van der Waals surface area contributed by atoms with Crippen LogP contribution >= 0.6 is 0 Å². The Labute approximate surface area is 146 Å². The SMILES string of the molecule is Cc1cccnc1CC(=O)NC[C@@H](C)NC(=O)[C@@H]1[C@H](C(F)F)C1(C)C. The number of halogens is 2. The highest BCUT2D eigenvalue weighted by atomic mass is 19.3. The second-order valence-electron chi connectivity index (χ2n) is 7.32. The fourth-order valence-corrected chi connectivity index (χ4v) is 3.22. The molecular formula is C18H25F2N3O2. The highest BCUT2D eigenvalue weighted by molar-refractivity contribution is 5.83. The lowest BCUT2D eigenvalue weighted by atomic mass is 10.1. The Kier molecular flexibility index (Phi) is 5.75. The van der Waals surface area contributed by atoms with E-state index in [0.29, 0.717) is 5.69 Å². The predicted octanol–water partition coefficient (Wildman–Crippen LogP) is 2.09. The lowest BCUT2D eigenvalue weighted by Gasteiger charge is -2.15. The first-order valence-corrected chi connectivity index (χ1v) is 8.40. The molecule has 1 saturated carbocycles. The van der Waals surface area contributed by atoms with Crippen LogP contribution in [0.25, 0.3) is 0 Å². The van der Waals surface area contributed by atoms with Crippen molar-refractivity contribution >= 4 is 11.8 Å². The third-order valence-electron chi connectivity index (χ3n) is 4.90. The van der Waals surface area contributed by atoms with Crippen LogP contribution < -0.4 is 10.6 Å². The topological polar surface area (TPSA) is 71.1 Å². The van der Waals surface area contributed by atoms with Crippen molar-refractivity contribution in [1.82, 2.24) is 15.6 Å². The monoisotopic (exact) mass is 353 g/mol. The van der Waals surface area contributed by atoms with Gasteiger partial charge in [-0.25, -0.2) is 8.78 Å². The summed E-state index contributed by atoms with van der Waals surface area (Å²) in [6.45, 7) is 7.21. The number of amides is 2. The van der Waals surface area contributed by atoms with Crippen molar-refractivity contribution < 1.29 is 18.4 Å². The first-order chi connectivity index (χ1) is 11.6. The molecule has 138 valence electrons. The molecule has 3 atom stereocenters. The lowest BCUT2D eigenvalue weighted by Crippen LogP contribution is -2.43. The summed E-state index contributed by atoms with van der Waals surface area (Å²) in [4.78, 5) is 28.3. The van der Waals surface area contributed by atoms with Gasteiger partial charge < -0.3 is 10.6 Å².